The molecule has 0 aliphatic carbocycles. The molecule has 1 aliphatic heterocycles. The highest BCUT2D eigenvalue weighted by molar-refractivity contribution is 9.10. The number of nitrogen functional groups attached to an aromatic ring is 1. The third kappa shape index (κ3) is 4.10. The minimum atomic E-state index is 0.0770. The highest BCUT2D eigenvalue weighted by Gasteiger charge is 2.24. The van der Waals surface area contributed by atoms with Gasteiger partial charge in [0.15, 0.2) is 5.65 Å². The molecule has 1 amide bonds. The Morgan fingerprint density at radius 3 is 2.53 bits per heavy atom. The van der Waals surface area contributed by atoms with Crippen LogP contribution in [0.2, 0.25) is 0 Å². The van der Waals surface area contributed by atoms with Crippen molar-refractivity contribution in [3.05, 3.63) is 88.8 Å². The van der Waals surface area contributed by atoms with Crippen LogP contribution >= 0.6 is 15.9 Å². The maximum atomic E-state index is 12.8. The number of pyridine rings is 1. The molecule has 5 aromatic rings. The van der Waals surface area contributed by atoms with Gasteiger partial charge in [-0.15, -0.1) is 0 Å². The summed E-state index contributed by atoms with van der Waals surface area (Å²) in [5.41, 5.74) is 11.5. The summed E-state index contributed by atoms with van der Waals surface area (Å²) in [7, 11) is 0. The van der Waals surface area contributed by atoms with Gasteiger partial charge in [-0.25, -0.2) is 4.98 Å². The van der Waals surface area contributed by atoms with Crippen molar-refractivity contribution in [3.8, 4) is 11.1 Å². The lowest BCUT2D eigenvalue weighted by Gasteiger charge is -2.34. The zero-order chi connectivity index (χ0) is 24.6. The van der Waals surface area contributed by atoms with Gasteiger partial charge in [0.1, 0.15) is 5.82 Å². The van der Waals surface area contributed by atoms with E-state index < -0.39 is 0 Å². The van der Waals surface area contributed by atoms with E-state index in [9.17, 15) is 4.79 Å². The molecule has 6 rings (SSSR count). The molecule has 0 unspecified atom stereocenters. The first-order chi connectivity index (χ1) is 17.6. The van der Waals surface area contributed by atoms with E-state index in [2.05, 4.69) is 37.0 Å². The van der Waals surface area contributed by atoms with Crippen molar-refractivity contribution >= 4 is 44.2 Å². The van der Waals surface area contributed by atoms with Crippen LogP contribution in [0.4, 0.5) is 5.82 Å². The fourth-order valence-electron chi connectivity index (χ4n) is 4.65. The molecule has 0 spiro atoms. The fraction of sp³-hybridized carbons (Fsp3) is 0.185. The molecule has 36 heavy (non-hydrogen) atoms. The maximum absolute atomic E-state index is 12.8. The Morgan fingerprint density at radius 2 is 1.72 bits per heavy atom. The van der Waals surface area contributed by atoms with Crippen LogP contribution in [0.15, 0.2) is 77.5 Å². The van der Waals surface area contributed by atoms with E-state index in [4.69, 9.17) is 10.7 Å². The number of piperazine rings is 1. The topological polar surface area (TPSA) is 92.6 Å². The summed E-state index contributed by atoms with van der Waals surface area (Å²) in [6.07, 6.45) is 3.64. The minimum absolute atomic E-state index is 0.0770. The number of carbonyl (C=O) groups is 1. The standard InChI is InChI=1S/C27H24BrN7O/c28-24-23(17-33-10-12-34(13-11-33)27(36)18-6-2-1-3-7-18)32-26-21(16-31-35(26)25(24)29)20-14-19-8-4-5-9-22(19)30-15-20/h1-9,14-16H,10-13,17,29H2. The summed E-state index contributed by atoms with van der Waals surface area (Å²) < 4.78 is 2.40. The highest BCUT2D eigenvalue weighted by atomic mass is 79.9. The van der Waals surface area contributed by atoms with Crippen molar-refractivity contribution in [2.75, 3.05) is 31.9 Å². The van der Waals surface area contributed by atoms with E-state index >= 15 is 0 Å². The van der Waals surface area contributed by atoms with Crippen LogP contribution in [0.25, 0.3) is 27.7 Å². The van der Waals surface area contributed by atoms with E-state index in [0.29, 0.717) is 31.1 Å². The summed E-state index contributed by atoms with van der Waals surface area (Å²) in [5.74, 6) is 0.584. The molecule has 8 nitrogen and oxygen atoms in total. The minimum Gasteiger partial charge on any atom is -0.383 e. The molecule has 4 heterocycles. The molecule has 3 aromatic heterocycles. The Morgan fingerprint density at radius 1 is 0.972 bits per heavy atom. The number of para-hydroxylation sites is 1. The Hall–Kier alpha value is -3.82. The second-order valence-electron chi connectivity index (χ2n) is 8.90. The predicted molar refractivity (Wildman–Crippen MR) is 143 cm³/mol. The number of fused-ring (bicyclic) bond motifs is 2. The van der Waals surface area contributed by atoms with Gasteiger partial charge in [0.2, 0.25) is 0 Å². The van der Waals surface area contributed by atoms with Gasteiger partial charge in [-0.05, 0) is 40.2 Å². The molecule has 0 atom stereocenters. The van der Waals surface area contributed by atoms with Crippen LogP contribution in [-0.4, -0.2) is 61.5 Å². The van der Waals surface area contributed by atoms with Crippen LogP contribution in [0.5, 0.6) is 0 Å². The summed E-state index contributed by atoms with van der Waals surface area (Å²) >= 11 is 3.64. The molecule has 0 bridgehead atoms. The SMILES string of the molecule is Nc1c(Br)c(CN2CCN(C(=O)c3ccccc3)CC2)nc2c(-c3cnc4ccccc4c3)cnn12. The van der Waals surface area contributed by atoms with E-state index in [1.165, 1.54) is 0 Å². The number of hydrogen-bond acceptors (Lipinski definition) is 6. The average molecular weight is 542 g/mol. The lowest BCUT2D eigenvalue weighted by atomic mass is 10.1. The molecule has 1 fully saturated rings. The average Bonchev–Trinajstić information content (AvgIpc) is 3.36. The van der Waals surface area contributed by atoms with E-state index in [1.54, 1.807) is 10.7 Å². The van der Waals surface area contributed by atoms with Gasteiger partial charge >= 0.3 is 0 Å². The molecule has 2 aromatic carbocycles. The van der Waals surface area contributed by atoms with Crippen molar-refractivity contribution in [3.63, 3.8) is 0 Å². The number of carbonyl (C=O) groups excluding carboxylic acids is 1. The van der Waals surface area contributed by atoms with Crippen LogP contribution < -0.4 is 5.73 Å². The van der Waals surface area contributed by atoms with Gasteiger partial charge in [0.25, 0.3) is 5.91 Å². The van der Waals surface area contributed by atoms with E-state index in [0.717, 1.165) is 50.8 Å². The first-order valence-electron chi connectivity index (χ1n) is 11.8. The number of aromatic nitrogens is 4. The largest absolute Gasteiger partial charge is 0.383 e. The molecule has 1 saturated heterocycles. The summed E-state index contributed by atoms with van der Waals surface area (Å²) in [5, 5.41) is 5.55. The number of anilines is 1. The summed E-state index contributed by atoms with van der Waals surface area (Å²) in [6.45, 7) is 3.49. The number of amides is 1. The highest BCUT2D eigenvalue weighted by Crippen LogP contribution is 2.31. The quantitative estimate of drug-likeness (QED) is 0.365. The zero-order valence-electron chi connectivity index (χ0n) is 19.5. The second-order valence-corrected chi connectivity index (χ2v) is 9.70. The third-order valence-electron chi connectivity index (χ3n) is 6.65. The van der Waals surface area contributed by atoms with Crippen LogP contribution in [0, 0.1) is 0 Å². The first kappa shape index (κ1) is 22.6. The number of nitrogens with zero attached hydrogens (tertiary/aromatic N) is 6. The lowest BCUT2D eigenvalue weighted by molar-refractivity contribution is 0.0627. The van der Waals surface area contributed by atoms with Gasteiger partial charge in [-0.3, -0.25) is 14.7 Å². The molecule has 9 heteroatoms. The molecule has 0 saturated carbocycles. The number of nitrogens with two attached hydrogens (primary N) is 1. The molecular formula is C27H24BrN7O. The van der Waals surface area contributed by atoms with Crippen LogP contribution in [0.1, 0.15) is 16.1 Å². The molecule has 1 aliphatic rings. The van der Waals surface area contributed by atoms with Gasteiger partial charge in [-0.1, -0.05) is 36.4 Å². The van der Waals surface area contributed by atoms with E-state index in [1.807, 2.05) is 65.7 Å². The number of halogens is 1. The van der Waals surface area contributed by atoms with Gasteiger partial charge in [0.05, 0.1) is 21.9 Å². The van der Waals surface area contributed by atoms with Gasteiger partial charge in [0, 0.05) is 61.0 Å². The summed E-state index contributed by atoms with van der Waals surface area (Å²) in [4.78, 5) is 26.6. The lowest BCUT2D eigenvalue weighted by Crippen LogP contribution is -2.48. The molecular weight excluding hydrogens is 518 g/mol. The Labute approximate surface area is 216 Å². The van der Waals surface area contributed by atoms with Crippen LogP contribution in [-0.2, 0) is 6.54 Å². The monoisotopic (exact) mass is 541 g/mol. The van der Waals surface area contributed by atoms with Crippen molar-refractivity contribution in [2.45, 2.75) is 6.54 Å². The fourth-order valence-corrected chi connectivity index (χ4v) is 5.04. The number of benzene rings is 2. The normalized spacial score (nSPS) is 14.5. The van der Waals surface area contributed by atoms with Crippen molar-refractivity contribution in [2.24, 2.45) is 0 Å². The molecule has 180 valence electrons. The van der Waals surface area contributed by atoms with E-state index in [-0.39, 0.29) is 5.91 Å². The molecule has 0 radical (unpaired) electrons. The second kappa shape index (κ2) is 9.33. The Balaban J connectivity index is 1.25. The zero-order valence-corrected chi connectivity index (χ0v) is 21.1. The first-order valence-corrected chi connectivity index (χ1v) is 12.6. The van der Waals surface area contributed by atoms with Gasteiger partial charge < -0.3 is 10.6 Å². The Kier molecular flexibility index (Phi) is 5.86. The van der Waals surface area contributed by atoms with Crippen molar-refractivity contribution in [1.82, 2.24) is 29.4 Å². The Bertz CT molecular complexity index is 1580. The summed E-state index contributed by atoms with van der Waals surface area (Å²) in [6, 6.07) is 19.6. The number of rotatable bonds is 4. The van der Waals surface area contributed by atoms with Crippen molar-refractivity contribution < 1.29 is 4.79 Å². The maximum Gasteiger partial charge on any atom is 0.253 e. The van der Waals surface area contributed by atoms with Gasteiger partial charge in [-0.2, -0.15) is 9.61 Å². The third-order valence-corrected chi connectivity index (χ3v) is 7.51. The predicted octanol–water partition coefficient (Wildman–Crippen LogP) is 4.25. The van der Waals surface area contributed by atoms with Crippen LogP contribution in [0.3, 0.4) is 0 Å². The van der Waals surface area contributed by atoms with Crippen molar-refractivity contribution in [1.29, 1.82) is 0 Å². The molecule has 2 N–H and O–H groups in total. The number of hydrogen-bond donors (Lipinski definition) is 1. The smallest absolute Gasteiger partial charge is 0.253 e.